The molecule has 31 heavy (non-hydrogen) atoms. The van der Waals surface area contributed by atoms with Gasteiger partial charge < -0.3 is 5.32 Å². The molecule has 1 aliphatic heterocycles. The minimum absolute atomic E-state index is 0.0873. The van der Waals surface area contributed by atoms with Gasteiger partial charge in [-0.3, -0.25) is 4.79 Å². The van der Waals surface area contributed by atoms with Gasteiger partial charge in [0, 0.05) is 23.6 Å². The molecule has 0 saturated heterocycles. The monoisotopic (exact) mass is 473 g/mol. The maximum absolute atomic E-state index is 13.1. The van der Waals surface area contributed by atoms with Crippen LogP contribution < -0.4 is 5.32 Å². The summed E-state index contributed by atoms with van der Waals surface area (Å²) in [6.45, 7) is 2.09. The second-order valence-corrected chi connectivity index (χ2v) is 11.4. The van der Waals surface area contributed by atoms with Crippen LogP contribution in [-0.4, -0.2) is 37.8 Å². The number of sulfone groups is 1. The highest BCUT2D eigenvalue weighted by atomic mass is 32.2. The first kappa shape index (κ1) is 21.9. The van der Waals surface area contributed by atoms with Crippen molar-refractivity contribution in [1.29, 1.82) is 0 Å². The molecule has 4 rings (SSSR count). The number of rotatable bonds is 7. The molecule has 0 bridgehead atoms. The Morgan fingerprint density at radius 3 is 2.48 bits per heavy atom. The van der Waals surface area contributed by atoms with Crippen molar-refractivity contribution >= 4 is 44.1 Å². The minimum atomic E-state index is -3.23. The van der Waals surface area contributed by atoms with Gasteiger partial charge in [-0.15, -0.1) is 22.7 Å². The van der Waals surface area contributed by atoms with Gasteiger partial charge >= 0.3 is 0 Å². The van der Waals surface area contributed by atoms with Crippen molar-refractivity contribution in [3.63, 3.8) is 0 Å². The lowest BCUT2D eigenvalue weighted by Gasteiger charge is -2.22. The number of nitrogens with zero attached hydrogens (tertiary/aromatic N) is 2. The van der Waals surface area contributed by atoms with E-state index in [0.29, 0.717) is 6.42 Å². The third-order valence-electron chi connectivity index (χ3n) is 5.21. The van der Waals surface area contributed by atoms with Gasteiger partial charge in [-0.2, -0.15) is 5.10 Å². The fourth-order valence-electron chi connectivity index (χ4n) is 3.48. The Morgan fingerprint density at radius 2 is 1.87 bits per heavy atom. The zero-order valence-electron chi connectivity index (χ0n) is 17.2. The molecule has 9 heteroatoms. The Balaban J connectivity index is 1.45. The lowest BCUT2D eigenvalue weighted by Crippen LogP contribution is -2.36. The maximum atomic E-state index is 13.1. The molecule has 0 radical (unpaired) electrons. The topological polar surface area (TPSA) is 78.8 Å². The van der Waals surface area contributed by atoms with Crippen molar-refractivity contribution in [1.82, 2.24) is 10.3 Å². The van der Waals surface area contributed by atoms with Crippen LogP contribution in [0.2, 0.25) is 0 Å². The van der Waals surface area contributed by atoms with Crippen LogP contribution >= 0.6 is 22.7 Å². The van der Waals surface area contributed by atoms with E-state index in [4.69, 9.17) is 0 Å². The average molecular weight is 474 g/mol. The van der Waals surface area contributed by atoms with E-state index in [1.807, 2.05) is 41.9 Å². The Kier molecular flexibility index (Phi) is 6.38. The third-order valence-corrected chi connectivity index (χ3v) is 8.23. The molecule has 0 unspecified atom stereocenters. The summed E-state index contributed by atoms with van der Waals surface area (Å²) in [7, 11) is -3.23. The summed E-state index contributed by atoms with van der Waals surface area (Å²) in [5.74, 6) is -0.0930. The largest absolute Gasteiger partial charge is 0.302 e. The van der Waals surface area contributed by atoms with Gasteiger partial charge in [0.05, 0.1) is 28.1 Å². The van der Waals surface area contributed by atoms with Crippen molar-refractivity contribution in [2.75, 3.05) is 12.8 Å². The Bertz CT molecular complexity index is 1170. The molecule has 2 atom stereocenters. The van der Waals surface area contributed by atoms with Crippen molar-refractivity contribution < 1.29 is 13.2 Å². The number of carbonyl (C=O) groups is 1. The van der Waals surface area contributed by atoms with E-state index in [1.165, 1.54) is 6.26 Å². The van der Waals surface area contributed by atoms with Crippen LogP contribution in [0, 0.1) is 0 Å². The molecule has 0 fully saturated rings. The van der Waals surface area contributed by atoms with E-state index in [1.54, 1.807) is 51.9 Å². The summed E-state index contributed by atoms with van der Waals surface area (Å²) >= 11 is 3.26. The highest BCUT2D eigenvalue weighted by molar-refractivity contribution is 7.90. The summed E-state index contributed by atoms with van der Waals surface area (Å²) in [6.07, 6.45) is 1.89. The quantitative estimate of drug-likeness (QED) is 0.557. The molecule has 1 aliphatic rings. The SMILES string of the molecule is C[C@@H](NCC(=O)N1N=C(c2cccs2)C[C@H]1c1cccs1)c1ccc(S(C)(=O)=O)cc1. The van der Waals surface area contributed by atoms with E-state index < -0.39 is 9.84 Å². The van der Waals surface area contributed by atoms with Gasteiger partial charge in [-0.25, -0.2) is 13.4 Å². The molecule has 1 aromatic carbocycles. The minimum Gasteiger partial charge on any atom is -0.302 e. The molecular weight excluding hydrogens is 450 g/mol. The number of hydrogen-bond donors (Lipinski definition) is 1. The summed E-state index contributed by atoms with van der Waals surface area (Å²) in [5, 5.41) is 13.5. The van der Waals surface area contributed by atoms with E-state index in [0.717, 1.165) is 21.0 Å². The molecule has 0 saturated carbocycles. The van der Waals surface area contributed by atoms with Gasteiger partial charge in [-0.05, 0) is 47.5 Å². The van der Waals surface area contributed by atoms with Crippen LogP contribution in [0.15, 0.2) is 69.3 Å². The van der Waals surface area contributed by atoms with E-state index in [-0.39, 0.29) is 29.4 Å². The van der Waals surface area contributed by atoms with Gasteiger partial charge in [0.1, 0.15) is 0 Å². The summed E-state index contributed by atoms with van der Waals surface area (Å²) < 4.78 is 23.3. The third kappa shape index (κ3) is 4.95. The number of hydrogen-bond acceptors (Lipinski definition) is 7. The normalized spacial score (nSPS) is 17.5. The Labute approximate surface area is 190 Å². The number of carbonyl (C=O) groups excluding carboxylic acids is 1. The smallest absolute Gasteiger partial charge is 0.257 e. The number of amides is 1. The first-order valence-electron chi connectivity index (χ1n) is 9.83. The van der Waals surface area contributed by atoms with Gasteiger partial charge in [0.25, 0.3) is 5.91 Å². The molecule has 0 aliphatic carbocycles. The highest BCUT2D eigenvalue weighted by Gasteiger charge is 2.33. The number of benzene rings is 1. The molecular formula is C22H23N3O3S3. The molecule has 2 aromatic heterocycles. The highest BCUT2D eigenvalue weighted by Crippen LogP contribution is 2.35. The van der Waals surface area contributed by atoms with Gasteiger partial charge in [0.15, 0.2) is 9.84 Å². The predicted molar refractivity (Wildman–Crippen MR) is 125 cm³/mol. The van der Waals surface area contributed by atoms with E-state index in [2.05, 4.69) is 10.4 Å². The second kappa shape index (κ2) is 9.04. The molecule has 3 heterocycles. The standard InChI is InChI=1S/C22H23N3O3S3/c1-15(16-7-9-17(10-8-16)31(2,27)28)23-14-22(26)25-19(21-6-4-12-30-21)13-18(24-25)20-5-3-11-29-20/h3-12,15,19,23H,13-14H2,1-2H3/t15-,19+/m1/s1. The van der Waals surface area contributed by atoms with E-state index in [9.17, 15) is 13.2 Å². The van der Waals surface area contributed by atoms with Crippen LogP contribution in [0.1, 0.15) is 40.7 Å². The van der Waals surface area contributed by atoms with E-state index >= 15 is 0 Å². The lowest BCUT2D eigenvalue weighted by molar-refractivity contribution is -0.132. The fourth-order valence-corrected chi connectivity index (χ4v) is 5.64. The molecule has 162 valence electrons. The maximum Gasteiger partial charge on any atom is 0.257 e. The Morgan fingerprint density at radius 1 is 1.16 bits per heavy atom. The predicted octanol–water partition coefficient (Wildman–Crippen LogP) is 4.24. The fraction of sp³-hybridized carbons (Fsp3) is 0.273. The number of thiophene rings is 2. The summed E-state index contributed by atoms with van der Waals surface area (Å²) in [5.41, 5.74) is 1.85. The van der Waals surface area contributed by atoms with Crippen molar-refractivity contribution in [3.8, 4) is 0 Å². The van der Waals surface area contributed by atoms with Crippen molar-refractivity contribution in [3.05, 3.63) is 74.6 Å². The van der Waals surface area contributed by atoms with Crippen LogP contribution in [0.25, 0.3) is 0 Å². The first-order chi connectivity index (χ1) is 14.8. The van der Waals surface area contributed by atoms with Crippen LogP contribution in [0.5, 0.6) is 0 Å². The molecule has 1 N–H and O–H groups in total. The van der Waals surface area contributed by atoms with Gasteiger partial charge in [0.2, 0.25) is 0 Å². The molecule has 0 spiro atoms. The summed E-state index contributed by atoms with van der Waals surface area (Å²) in [6, 6.07) is 14.6. The Hall–Kier alpha value is -2.33. The zero-order valence-corrected chi connectivity index (χ0v) is 19.6. The number of nitrogens with one attached hydrogen (secondary N) is 1. The van der Waals surface area contributed by atoms with Gasteiger partial charge in [-0.1, -0.05) is 24.3 Å². The second-order valence-electron chi connectivity index (χ2n) is 7.44. The summed E-state index contributed by atoms with van der Waals surface area (Å²) in [4.78, 5) is 15.6. The molecule has 1 amide bonds. The average Bonchev–Trinajstić information content (AvgIpc) is 3.51. The number of hydrazone groups is 1. The van der Waals surface area contributed by atoms with Crippen LogP contribution in [0.3, 0.4) is 0 Å². The molecule has 3 aromatic rings. The van der Waals surface area contributed by atoms with Crippen molar-refractivity contribution in [2.24, 2.45) is 5.10 Å². The van der Waals surface area contributed by atoms with Crippen LogP contribution in [0.4, 0.5) is 0 Å². The first-order valence-corrected chi connectivity index (χ1v) is 13.5. The molecule has 6 nitrogen and oxygen atoms in total. The lowest BCUT2D eigenvalue weighted by atomic mass is 10.1. The zero-order chi connectivity index (χ0) is 22.0. The van der Waals surface area contributed by atoms with Crippen molar-refractivity contribution in [2.45, 2.75) is 30.3 Å². The van der Waals surface area contributed by atoms with Crippen LogP contribution in [-0.2, 0) is 14.6 Å².